The van der Waals surface area contributed by atoms with E-state index >= 15 is 0 Å². The fraction of sp³-hybridized carbons (Fsp3) is 0.533. The van der Waals surface area contributed by atoms with Gasteiger partial charge in [-0.05, 0) is 49.8 Å². The fourth-order valence-electron chi connectivity index (χ4n) is 3.37. The van der Waals surface area contributed by atoms with Crippen molar-refractivity contribution in [2.45, 2.75) is 43.8 Å². The minimum Gasteiger partial charge on any atom is -0.508 e. The van der Waals surface area contributed by atoms with Crippen LogP contribution in [0.2, 0.25) is 0 Å². The Kier molecular flexibility index (Phi) is 5.15. The maximum atomic E-state index is 12.4. The van der Waals surface area contributed by atoms with Crippen molar-refractivity contribution in [1.29, 1.82) is 0 Å². The molecule has 1 atom stereocenters. The van der Waals surface area contributed by atoms with Crippen LogP contribution < -0.4 is 5.32 Å². The number of hydrogen-bond donors (Lipinski definition) is 2. The Balaban J connectivity index is 0.00000147. The number of likely N-dealkylation sites (N-methyl/N-ethyl adjacent to an activating group) is 1. The average Bonchev–Trinajstić information content (AvgIpc) is 2.96. The molecule has 0 bridgehead atoms. The van der Waals surface area contributed by atoms with E-state index < -0.39 is 0 Å². The largest absolute Gasteiger partial charge is 0.508 e. The molecule has 1 heterocycles. The molecule has 1 saturated carbocycles. The zero-order valence-electron chi connectivity index (χ0n) is 11.8. The molecule has 3 rings (SSSR count). The molecule has 2 fully saturated rings. The summed E-state index contributed by atoms with van der Waals surface area (Å²) in [5, 5.41) is 12.8. The number of hydrogen-bond acceptors (Lipinski definition) is 3. The number of nitrogens with zero attached hydrogens (tertiary/aromatic N) is 1. The summed E-state index contributed by atoms with van der Waals surface area (Å²) in [6.45, 7) is 0. The summed E-state index contributed by atoms with van der Waals surface area (Å²) in [4.78, 5) is 14.3. The van der Waals surface area contributed by atoms with Crippen molar-refractivity contribution in [3.05, 3.63) is 29.8 Å². The Hall–Kier alpha value is -0.108. The Morgan fingerprint density at radius 3 is 2.50 bits per heavy atom. The van der Waals surface area contributed by atoms with Crippen LogP contribution in [0.15, 0.2) is 24.3 Å². The molecular weight excluding hydrogens is 467 g/mol. The smallest absolute Gasteiger partial charge is 0.241 e. The summed E-state index contributed by atoms with van der Waals surface area (Å²) < 4.78 is 0. The molecule has 1 amide bonds. The van der Waals surface area contributed by atoms with Gasteiger partial charge in [0.05, 0.1) is 11.7 Å². The van der Waals surface area contributed by atoms with Gasteiger partial charge in [-0.2, -0.15) is 0 Å². The Morgan fingerprint density at radius 1 is 1.30 bits per heavy atom. The summed E-state index contributed by atoms with van der Waals surface area (Å²) >= 11 is 0. The van der Waals surface area contributed by atoms with Crippen molar-refractivity contribution in [1.82, 2.24) is 10.2 Å². The first-order valence-electron chi connectivity index (χ1n) is 6.94. The molecule has 5 heteroatoms. The normalized spacial score (nSPS) is 24.1. The van der Waals surface area contributed by atoms with Crippen molar-refractivity contribution < 1.29 is 54.0 Å². The summed E-state index contributed by atoms with van der Waals surface area (Å²) in [6, 6.07) is 6.97. The van der Waals surface area contributed by atoms with Gasteiger partial charge in [0.25, 0.3) is 0 Å². The minimum atomic E-state index is -0.132. The van der Waals surface area contributed by atoms with Crippen molar-refractivity contribution in [3.63, 3.8) is 0 Å². The van der Waals surface area contributed by atoms with Gasteiger partial charge in [0.1, 0.15) is 5.75 Å². The van der Waals surface area contributed by atoms with E-state index in [0.29, 0.717) is 6.42 Å². The van der Waals surface area contributed by atoms with E-state index in [0.717, 1.165) is 18.4 Å². The van der Waals surface area contributed by atoms with Crippen LogP contribution in [-0.4, -0.2) is 34.7 Å². The van der Waals surface area contributed by atoms with Gasteiger partial charge in [-0.1, -0.05) is 12.1 Å². The molecule has 105 valence electrons. The first-order chi connectivity index (χ1) is 9.11. The third-order valence-electron chi connectivity index (χ3n) is 4.52. The van der Waals surface area contributed by atoms with Crippen molar-refractivity contribution >= 4 is 5.91 Å². The van der Waals surface area contributed by atoms with Crippen LogP contribution in [-0.2, 0) is 11.2 Å². The van der Waals surface area contributed by atoms with Crippen LogP contribution in [0, 0.1) is 44.1 Å². The SMILES string of the molecule is CN1C(=O)[C@H](Cc2ccc(O)cc2)NC12CCCC2.[Ac]. The number of rotatable bonds is 2. The van der Waals surface area contributed by atoms with Gasteiger partial charge < -0.3 is 10.0 Å². The molecule has 1 aliphatic carbocycles. The van der Waals surface area contributed by atoms with Gasteiger partial charge >= 0.3 is 0 Å². The van der Waals surface area contributed by atoms with E-state index in [1.54, 1.807) is 12.1 Å². The summed E-state index contributed by atoms with van der Waals surface area (Å²) in [7, 11) is 1.91. The number of amides is 1. The van der Waals surface area contributed by atoms with Crippen LogP contribution in [0.25, 0.3) is 0 Å². The zero-order valence-corrected chi connectivity index (χ0v) is 16.5. The molecular formula is C15H20AcN2O2. The van der Waals surface area contributed by atoms with Crippen LogP contribution in [0.4, 0.5) is 0 Å². The summed E-state index contributed by atoms with van der Waals surface area (Å²) in [5.41, 5.74) is 0.977. The minimum absolute atomic E-state index is 0. The van der Waals surface area contributed by atoms with E-state index in [1.165, 1.54) is 12.8 Å². The first kappa shape index (κ1) is 16.3. The van der Waals surface area contributed by atoms with E-state index in [-0.39, 0.29) is 67.4 Å². The Labute approximate surface area is 155 Å². The number of aromatic hydroxyl groups is 1. The molecule has 1 spiro atoms. The molecule has 1 radical (unpaired) electrons. The van der Waals surface area contributed by atoms with Gasteiger partial charge in [0.2, 0.25) is 5.91 Å². The molecule has 2 aliphatic rings. The molecule has 2 N–H and O–H groups in total. The molecule has 4 nitrogen and oxygen atoms in total. The summed E-state index contributed by atoms with van der Waals surface area (Å²) in [5.74, 6) is 0.453. The third-order valence-corrected chi connectivity index (χ3v) is 4.52. The number of benzene rings is 1. The summed E-state index contributed by atoms with van der Waals surface area (Å²) in [6.07, 6.45) is 5.18. The van der Waals surface area contributed by atoms with Crippen molar-refractivity contribution in [2.24, 2.45) is 0 Å². The quantitative estimate of drug-likeness (QED) is 0.668. The van der Waals surface area contributed by atoms with E-state index in [2.05, 4.69) is 5.32 Å². The second-order valence-electron chi connectivity index (χ2n) is 5.70. The Morgan fingerprint density at radius 2 is 1.90 bits per heavy atom. The fourth-order valence-corrected chi connectivity index (χ4v) is 3.37. The zero-order chi connectivity index (χ0) is 13.5. The second kappa shape index (κ2) is 6.34. The molecule has 1 saturated heterocycles. The number of carbonyl (C=O) groups is 1. The predicted molar refractivity (Wildman–Crippen MR) is 72.7 cm³/mol. The van der Waals surface area contributed by atoms with Crippen molar-refractivity contribution in [2.75, 3.05) is 7.05 Å². The number of nitrogens with one attached hydrogen (secondary N) is 1. The van der Waals surface area contributed by atoms with Gasteiger partial charge in [-0.3, -0.25) is 10.1 Å². The second-order valence-corrected chi connectivity index (χ2v) is 5.70. The van der Waals surface area contributed by atoms with E-state index in [4.69, 9.17) is 0 Å². The van der Waals surface area contributed by atoms with Gasteiger partial charge in [0, 0.05) is 51.1 Å². The molecule has 0 unspecified atom stereocenters. The van der Waals surface area contributed by atoms with Gasteiger partial charge in [0.15, 0.2) is 0 Å². The van der Waals surface area contributed by atoms with Gasteiger partial charge in [-0.15, -0.1) is 0 Å². The number of carbonyl (C=O) groups excluding carboxylic acids is 1. The van der Waals surface area contributed by atoms with E-state index in [9.17, 15) is 9.90 Å². The topological polar surface area (TPSA) is 52.6 Å². The van der Waals surface area contributed by atoms with E-state index in [1.807, 2.05) is 24.1 Å². The van der Waals surface area contributed by atoms with Gasteiger partial charge in [-0.25, -0.2) is 0 Å². The van der Waals surface area contributed by atoms with Crippen molar-refractivity contribution in [3.8, 4) is 5.75 Å². The predicted octanol–water partition coefficient (Wildman–Crippen LogP) is 1.64. The number of phenols is 1. The van der Waals surface area contributed by atoms with Crippen LogP contribution in [0.3, 0.4) is 0 Å². The monoisotopic (exact) mass is 487 g/mol. The first-order valence-corrected chi connectivity index (χ1v) is 6.94. The molecule has 1 aromatic carbocycles. The number of phenolic OH excluding ortho intramolecular Hbond substituents is 1. The van der Waals surface area contributed by atoms with Crippen LogP contribution in [0.1, 0.15) is 31.2 Å². The van der Waals surface area contributed by atoms with Crippen LogP contribution >= 0.6 is 0 Å². The molecule has 1 aliphatic heterocycles. The third kappa shape index (κ3) is 2.91. The maximum absolute atomic E-state index is 12.4. The molecule has 1 aromatic rings. The molecule has 20 heavy (non-hydrogen) atoms. The standard InChI is InChI=1S/C15H20N2O2.Ac/c1-17-14(19)13(16-15(17)8-2-3-9-15)10-11-4-6-12(18)7-5-11;/h4-7,13,16,18H,2-3,8-10H2,1H3;/t13-;/m0./s1. The average molecular weight is 487 g/mol. The maximum Gasteiger partial charge on any atom is 0.241 e. The Bertz CT molecular complexity index is 483. The molecule has 0 aromatic heterocycles. The van der Waals surface area contributed by atoms with Crippen LogP contribution in [0.5, 0.6) is 5.75 Å².